The van der Waals surface area contributed by atoms with Crippen LogP contribution in [0.2, 0.25) is 0 Å². The van der Waals surface area contributed by atoms with Crippen LogP contribution in [0.5, 0.6) is 5.75 Å². The predicted octanol–water partition coefficient (Wildman–Crippen LogP) is 3.76. The molecule has 1 N–H and O–H groups in total. The largest absolute Gasteiger partial charge is 0.494 e. The first-order valence-corrected chi connectivity index (χ1v) is 8.78. The monoisotopic (exact) mass is 349 g/mol. The number of hydrogen-bond acceptors (Lipinski definition) is 3. The smallest absolute Gasteiger partial charge is 0.244 e. The van der Waals surface area contributed by atoms with Crippen LogP contribution in [-0.2, 0) is 11.3 Å². The highest BCUT2D eigenvalue weighted by Crippen LogP contribution is 2.13. The first-order chi connectivity index (χ1) is 12.7. The molecule has 134 valence electrons. The van der Waals surface area contributed by atoms with Gasteiger partial charge in [-0.1, -0.05) is 25.1 Å². The number of aromatic nitrogens is 2. The molecule has 26 heavy (non-hydrogen) atoms. The van der Waals surface area contributed by atoms with E-state index in [9.17, 15) is 4.79 Å². The standard InChI is InChI=1S/C21H23N3O2/c1-3-13-26-19-10-7-17(8-11-19)9-12-21(25)22-14-18-15-24-16(2)5-4-6-20(24)23-18/h4-12,15H,3,13-14H2,1-2H3,(H,22,25)/b12-9+. The second-order valence-electron chi connectivity index (χ2n) is 6.10. The van der Waals surface area contributed by atoms with Crippen LogP contribution in [0.3, 0.4) is 0 Å². The fourth-order valence-corrected chi connectivity index (χ4v) is 2.59. The molecule has 0 aliphatic carbocycles. The summed E-state index contributed by atoms with van der Waals surface area (Å²) < 4.78 is 7.56. The molecule has 0 saturated carbocycles. The SMILES string of the molecule is CCCOc1ccc(/C=C/C(=O)NCc2cn3c(C)cccc3n2)cc1. The Balaban J connectivity index is 1.54. The molecule has 3 rings (SSSR count). The van der Waals surface area contributed by atoms with Crippen molar-refractivity contribution in [3.63, 3.8) is 0 Å². The van der Waals surface area contributed by atoms with Crippen LogP contribution in [-0.4, -0.2) is 21.9 Å². The van der Waals surface area contributed by atoms with Gasteiger partial charge >= 0.3 is 0 Å². The Morgan fingerprint density at radius 2 is 2.04 bits per heavy atom. The van der Waals surface area contributed by atoms with Crippen molar-refractivity contribution >= 4 is 17.6 Å². The molecule has 0 unspecified atom stereocenters. The molecule has 0 aliphatic rings. The van der Waals surface area contributed by atoms with E-state index in [-0.39, 0.29) is 5.91 Å². The van der Waals surface area contributed by atoms with E-state index in [1.807, 2.05) is 60.0 Å². The number of carbonyl (C=O) groups is 1. The Morgan fingerprint density at radius 1 is 1.23 bits per heavy atom. The Bertz CT molecular complexity index is 911. The van der Waals surface area contributed by atoms with Gasteiger partial charge in [0.15, 0.2) is 0 Å². The van der Waals surface area contributed by atoms with E-state index in [0.717, 1.165) is 34.8 Å². The van der Waals surface area contributed by atoms with Crippen LogP contribution >= 0.6 is 0 Å². The van der Waals surface area contributed by atoms with Crippen LogP contribution in [0.25, 0.3) is 11.7 Å². The number of carbonyl (C=O) groups excluding carboxylic acids is 1. The van der Waals surface area contributed by atoms with Gasteiger partial charge in [0.2, 0.25) is 5.91 Å². The third-order valence-corrected chi connectivity index (χ3v) is 3.97. The van der Waals surface area contributed by atoms with Gasteiger partial charge in [-0.3, -0.25) is 4.79 Å². The van der Waals surface area contributed by atoms with Gasteiger partial charge in [0.1, 0.15) is 11.4 Å². The predicted molar refractivity (Wildman–Crippen MR) is 103 cm³/mol. The lowest BCUT2D eigenvalue weighted by Gasteiger charge is -2.04. The number of amides is 1. The molecule has 5 heteroatoms. The maximum absolute atomic E-state index is 12.0. The van der Waals surface area contributed by atoms with E-state index in [0.29, 0.717) is 13.2 Å². The molecule has 0 bridgehead atoms. The van der Waals surface area contributed by atoms with E-state index < -0.39 is 0 Å². The van der Waals surface area contributed by atoms with Crippen molar-refractivity contribution in [2.24, 2.45) is 0 Å². The molecular weight excluding hydrogens is 326 g/mol. The summed E-state index contributed by atoms with van der Waals surface area (Å²) in [7, 11) is 0. The molecule has 3 aromatic rings. The quantitative estimate of drug-likeness (QED) is 0.661. The van der Waals surface area contributed by atoms with Crippen molar-refractivity contribution < 1.29 is 9.53 Å². The molecule has 2 aromatic heterocycles. The number of fused-ring (bicyclic) bond motifs is 1. The van der Waals surface area contributed by atoms with Crippen molar-refractivity contribution in [2.45, 2.75) is 26.8 Å². The fraction of sp³-hybridized carbons (Fsp3) is 0.238. The van der Waals surface area contributed by atoms with Gasteiger partial charge in [0, 0.05) is 18.0 Å². The summed E-state index contributed by atoms with van der Waals surface area (Å²) in [6, 6.07) is 13.6. The zero-order chi connectivity index (χ0) is 18.4. The third-order valence-electron chi connectivity index (χ3n) is 3.97. The Morgan fingerprint density at radius 3 is 2.77 bits per heavy atom. The number of ether oxygens (including phenoxy) is 1. The molecule has 0 spiro atoms. The zero-order valence-corrected chi connectivity index (χ0v) is 15.1. The second kappa shape index (κ2) is 8.34. The first-order valence-electron chi connectivity index (χ1n) is 8.78. The number of rotatable bonds is 7. The van der Waals surface area contributed by atoms with Crippen molar-refractivity contribution in [1.82, 2.24) is 14.7 Å². The van der Waals surface area contributed by atoms with Crippen molar-refractivity contribution in [2.75, 3.05) is 6.61 Å². The minimum atomic E-state index is -0.148. The maximum Gasteiger partial charge on any atom is 0.244 e. The summed E-state index contributed by atoms with van der Waals surface area (Å²) in [6.07, 6.45) is 6.24. The number of nitrogens with zero attached hydrogens (tertiary/aromatic N) is 2. The molecule has 0 aliphatic heterocycles. The molecule has 1 amide bonds. The second-order valence-corrected chi connectivity index (χ2v) is 6.10. The van der Waals surface area contributed by atoms with Gasteiger partial charge in [-0.05, 0) is 49.2 Å². The summed E-state index contributed by atoms with van der Waals surface area (Å²) in [5.74, 6) is 0.695. The van der Waals surface area contributed by atoms with Gasteiger partial charge in [0.25, 0.3) is 0 Å². The average molecular weight is 349 g/mol. The number of hydrogen-bond donors (Lipinski definition) is 1. The van der Waals surface area contributed by atoms with Crippen molar-refractivity contribution in [1.29, 1.82) is 0 Å². The summed E-state index contributed by atoms with van der Waals surface area (Å²) >= 11 is 0. The van der Waals surface area contributed by atoms with E-state index >= 15 is 0 Å². The van der Waals surface area contributed by atoms with Crippen LogP contribution < -0.4 is 10.1 Å². The molecule has 0 radical (unpaired) electrons. The highest BCUT2D eigenvalue weighted by atomic mass is 16.5. The minimum Gasteiger partial charge on any atom is -0.494 e. The van der Waals surface area contributed by atoms with Gasteiger partial charge in [-0.2, -0.15) is 0 Å². The molecule has 2 heterocycles. The first kappa shape index (κ1) is 17.7. The summed E-state index contributed by atoms with van der Waals surface area (Å²) in [4.78, 5) is 16.5. The van der Waals surface area contributed by atoms with Crippen LogP contribution in [0.15, 0.2) is 54.7 Å². The Labute approximate surface area is 153 Å². The number of pyridine rings is 1. The maximum atomic E-state index is 12.0. The average Bonchev–Trinajstić information content (AvgIpc) is 3.08. The Hall–Kier alpha value is -3.08. The lowest BCUT2D eigenvalue weighted by Crippen LogP contribution is -2.20. The highest BCUT2D eigenvalue weighted by molar-refractivity contribution is 5.91. The van der Waals surface area contributed by atoms with E-state index in [2.05, 4.69) is 17.2 Å². The fourth-order valence-electron chi connectivity index (χ4n) is 2.59. The number of nitrogens with one attached hydrogen (secondary N) is 1. The molecule has 0 fully saturated rings. The van der Waals surface area contributed by atoms with E-state index in [4.69, 9.17) is 4.74 Å². The van der Waals surface area contributed by atoms with Crippen molar-refractivity contribution in [3.8, 4) is 5.75 Å². The minimum absolute atomic E-state index is 0.148. The van der Waals surface area contributed by atoms with Crippen LogP contribution in [0.1, 0.15) is 30.3 Å². The van der Waals surface area contributed by atoms with E-state index in [1.54, 1.807) is 6.08 Å². The number of benzene rings is 1. The normalized spacial score (nSPS) is 11.2. The van der Waals surface area contributed by atoms with Crippen molar-refractivity contribution in [3.05, 3.63) is 71.7 Å². The molecule has 5 nitrogen and oxygen atoms in total. The van der Waals surface area contributed by atoms with Gasteiger partial charge in [-0.15, -0.1) is 0 Å². The van der Waals surface area contributed by atoms with E-state index in [1.165, 1.54) is 6.08 Å². The summed E-state index contributed by atoms with van der Waals surface area (Å²) in [5, 5.41) is 2.86. The molecule has 0 atom stereocenters. The van der Waals surface area contributed by atoms with Crippen LogP contribution in [0.4, 0.5) is 0 Å². The highest BCUT2D eigenvalue weighted by Gasteiger charge is 2.04. The molecule has 1 aromatic carbocycles. The van der Waals surface area contributed by atoms with Gasteiger partial charge in [-0.25, -0.2) is 4.98 Å². The zero-order valence-electron chi connectivity index (χ0n) is 15.1. The summed E-state index contributed by atoms with van der Waals surface area (Å²) in [6.45, 7) is 5.20. The molecule has 0 saturated heterocycles. The topological polar surface area (TPSA) is 55.6 Å². The number of aryl methyl sites for hydroxylation is 1. The van der Waals surface area contributed by atoms with Gasteiger partial charge in [0.05, 0.1) is 18.8 Å². The lowest BCUT2D eigenvalue weighted by atomic mass is 10.2. The molecular formula is C21H23N3O2. The third kappa shape index (κ3) is 4.51. The summed E-state index contributed by atoms with van der Waals surface area (Å²) in [5.41, 5.74) is 3.78. The van der Waals surface area contributed by atoms with Crippen LogP contribution in [0, 0.1) is 6.92 Å². The lowest BCUT2D eigenvalue weighted by molar-refractivity contribution is -0.116. The van der Waals surface area contributed by atoms with Gasteiger partial charge < -0.3 is 14.5 Å². The number of imidazole rings is 1. The Kier molecular flexibility index (Phi) is 5.69.